The topological polar surface area (TPSA) is 38.1 Å². The van der Waals surface area contributed by atoms with Gasteiger partial charge < -0.3 is 9.73 Å². The van der Waals surface area contributed by atoms with Gasteiger partial charge in [0.2, 0.25) is 0 Å². The van der Waals surface area contributed by atoms with Crippen LogP contribution in [0.2, 0.25) is 0 Å². The summed E-state index contributed by atoms with van der Waals surface area (Å²) in [7, 11) is 0. The van der Waals surface area contributed by atoms with Crippen LogP contribution in [0.1, 0.15) is 25.5 Å². The van der Waals surface area contributed by atoms with Crippen LogP contribution in [0.25, 0.3) is 0 Å². The minimum atomic E-state index is 0.529. The van der Waals surface area contributed by atoms with Gasteiger partial charge in [-0.3, -0.25) is 0 Å². The number of aryl methyl sites for hydroxylation is 1. The van der Waals surface area contributed by atoms with E-state index in [1.807, 2.05) is 6.92 Å². The zero-order valence-corrected chi connectivity index (χ0v) is 7.92. The van der Waals surface area contributed by atoms with E-state index in [1.54, 1.807) is 6.20 Å². The van der Waals surface area contributed by atoms with Gasteiger partial charge in [0, 0.05) is 19.0 Å². The largest absolute Gasteiger partial charge is 0.446 e. The zero-order valence-electron chi connectivity index (χ0n) is 7.92. The van der Waals surface area contributed by atoms with Crippen LogP contribution in [0.4, 0.5) is 0 Å². The van der Waals surface area contributed by atoms with E-state index in [0.717, 1.165) is 24.6 Å². The summed E-state index contributed by atoms with van der Waals surface area (Å²) < 4.78 is 5.31. The molecule has 0 bridgehead atoms. The molecule has 3 nitrogen and oxygen atoms in total. The van der Waals surface area contributed by atoms with Gasteiger partial charge in [-0.1, -0.05) is 13.8 Å². The van der Waals surface area contributed by atoms with Gasteiger partial charge in [0.15, 0.2) is 5.89 Å². The van der Waals surface area contributed by atoms with Gasteiger partial charge in [-0.05, 0) is 6.92 Å². The molecule has 0 unspecified atom stereocenters. The Balaban J connectivity index is 2.24. The standard InChI is InChI=1S/C9H16N2O/c1-7(2)10-5-4-9-11-6-8(3)12-9/h6-7,10H,4-5H2,1-3H3. The van der Waals surface area contributed by atoms with Crippen LogP contribution < -0.4 is 5.32 Å². The lowest BCUT2D eigenvalue weighted by atomic mass is 10.3. The average molecular weight is 168 g/mol. The van der Waals surface area contributed by atoms with Crippen LogP contribution in [-0.4, -0.2) is 17.6 Å². The number of aromatic nitrogens is 1. The maximum Gasteiger partial charge on any atom is 0.195 e. The monoisotopic (exact) mass is 168 g/mol. The number of oxazole rings is 1. The molecule has 1 rings (SSSR count). The zero-order chi connectivity index (χ0) is 8.97. The second kappa shape index (κ2) is 4.26. The van der Waals surface area contributed by atoms with Crippen molar-refractivity contribution in [3.8, 4) is 0 Å². The van der Waals surface area contributed by atoms with Crippen LogP contribution in [-0.2, 0) is 6.42 Å². The molecular weight excluding hydrogens is 152 g/mol. The molecule has 0 aliphatic heterocycles. The molecule has 0 aliphatic rings. The second-order valence-corrected chi connectivity index (χ2v) is 3.22. The minimum Gasteiger partial charge on any atom is -0.446 e. The smallest absolute Gasteiger partial charge is 0.195 e. The van der Waals surface area contributed by atoms with Gasteiger partial charge in [-0.15, -0.1) is 0 Å². The van der Waals surface area contributed by atoms with Gasteiger partial charge in [0.25, 0.3) is 0 Å². The Kier molecular flexibility index (Phi) is 3.29. The molecule has 0 saturated carbocycles. The molecule has 0 radical (unpaired) electrons. The van der Waals surface area contributed by atoms with Crippen molar-refractivity contribution in [3.05, 3.63) is 17.8 Å². The molecule has 3 heteroatoms. The molecule has 68 valence electrons. The number of hydrogen-bond acceptors (Lipinski definition) is 3. The summed E-state index contributed by atoms with van der Waals surface area (Å²) in [6.07, 6.45) is 2.62. The molecule has 1 heterocycles. The van der Waals surface area contributed by atoms with E-state index in [4.69, 9.17) is 4.42 Å². The summed E-state index contributed by atoms with van der Waals surface area (Å²) in [5.41, 5.74) is 0. The lowest BCUT2D eigenvalue weighted by Crippen LogP contribution is -2.24. The highest BCUT2D eigenvalue weighted by molar-refractivity contribution is 4.91. The highest BCUT2D eigenvalue weighted by Crippen LogP contribution is 2.01. The first-order valence-corrected chi connectivity index (χ1v) is 4.33. The molecule has 0 atom stereocenters. The first-order valence-electron chi connectivity index (χ1n) is 4.33. The number of hydrogen-bond donors (Lipinski definition) is 1. The lowest BCUT2D eigenvalue weighted by Gasteiger charge is -2.04. The van der Waals surface area contributed by atoms with E-state index >= 15 is 0 Å². The fourth-order valence-corrected chi connectivity index (χ4v) is 0.985. The highest BCUT2D eigenvalue weighted by Gasteiger charge is 1.99. The number of rotatable bonds is 4. The Hall–Kier alpha value is -0.830. The fraction of sp³-hybridized carbons (Fsp3) is 0.667. The summed E-state index contributed by atoms with van der Waals surface area (Å²) in [5, 5.41) is 3.30. The summed E-state index contributed by atoms with van der Waals surface area (Å²) in [6.45, 7) is 7.09. The van der Waals surface area contributed by atoms with Gasteiger partial charge >= 0.3 is 0 Å². The molecule has 1 aromatic heterocycles. The Morgan fingerprint density at radius 3 is 2.83 bits per heavy atom. The van der Waals surface area contributed by atoms with Crippen LogP contribution in [0.5, 0.6) is 0 Å². The molecular formula is C9H16N2O. The Morgan fingerprint density at radius 2 is 2.33 bits per heavy atom. The van der Waals surface area contributed by atoms with Crippen molar-refractivity contribution in [3.63, 3.8) is 0 Å². The van der Waals surface area contributed by atoms with Crippen molar-refractivity contribution >= 4 is 0 Å². The molecule has 1 N–H and O–H groups in total. The van der Waals surface area contributed by atoms with Crippen molar-refractivity contribution in [2.45, 2.75) is 33.2 Å². The van der Waals surface area contributed by atoms with Crippen LogP contribution in [0.15, 0.2) is 10.6 Å². The van der Waals surface area contributed by atoms with E-state index < -0.39 is 0 Å². The third-order valence-corrected chi connectivity index (χ3v) is 1.56. The minimum absolute atomic E-state index is 0.529. The highest BCUT2D eigenvalue weighted by atomic mass is 16.3. The average Bonchev–Trinajstić information content (AvgIpc) is 2.35. The quantitative estimate of drug-likeness (QED) is 0.740. The normalized spacial score (nSPS) is 11.0. The molecule has 1 aromatic rings. The van der Waals surface area contributed by atoms with E-state index in [9.17, 15) is 0 Å². The molecule has 0 saturated heterocycles. The Morgan fingerprint density at radius 1 is 1.58 bits per heavy atom. The van der Waals surface area contributed by atoms with Gasteiger partial charge in [0.05, 0.1) is 6.20 Å². The first-order chi connectivity index (χ1) is 5.68. The van der Waals surface area contributed by atoms with Crippen molar-refractivity contribution in [1.82, 2.24) is 10.3 Å². The van der Waals surface area contributed by atoms with Crippen molar-refractivity contribution in [1.29, 1.82) is 0 Å². The molecule has 12 heavy (non-hydrogen) atoms. The summed E-state index contributed by atoms with van der Waals surface area (Å²) in [6, 6.07) is 0.529. The first kappa shape index (κ1) is 9.26. The Bertz CT molecular complexity index is 230. The fourth-order valence-electron chi connectivity index (χ4n) is 0.985. The number of nitrogens with zero attached hydrogens (tertiary/aromatic N) is 1. The molecule has 0 fully saturated rings. The van der Waals surface area contributed by atoms with Crippen LogP contribution in [0, 0.1) is 6.92 Å². The third kappa shape index (κ3) is 3.05. The van der Waals surface area contributed by atoms with Crippen molar-refractivity contribution < 1.29 is 4.42 Å². The van der Waals surface area contributed by atoms with E-state index in [1.165, 1.54) is 0 Å². The SMILES string of the molecule is Cc1cnc(CCNC(C)C)o1. The summed E-state index contributed by atoms with van der Waals surface area (Å²) >= 11 is 0. The van der Waals surface area contributed by atoms with Gasteiger partial charge in [-0.2, -0.15) is 0 Å². The number of nitrogens with one attached hydrogen (secondary N) is 1. The van der Waals surface area contributed by atoms with Crippen molar-refractivity contribution in [2.24, 2.45) is 0 Å². The summed E-state index contributed by atoms with van der Waals surface area (Å²) in [5.74, 6) is 1.70. The van der Waals surface area contributed by atoms with Gasteiger partial charge in [-0.25, -0.2) is 4.98 Å². The predicted molar refractivity (Wildman–Crippen MR) is 48.1 cm³/mol. The summed E-state index contributed by atoms with van der Waals surface area (Å²) in [4.78, 5) is 4.11. The molecule has 0 amide bonds. The third-order valence-electron chi connectivity index (χ3n) is 1.56. The molecule has 0 aromatic carbocycles. The second-order valence-electron chi connectivity index (χ2n) is 3.22. The Labute approximate surface area is 73.2 Å². The van der Waals surface area contributed by atoms with Crippen molar-refractivity contribution in [2.75, 3.05) is 6.54 Å². The van der Waals surface area contributed by atoms with Crippen LogP contribution in [0.3, 0.4) is 0 Å². The van der Waals surface area contributed by atoms with E-state index in [0.29, 0.717) is 6.04 Å². The molecule has 0 spiro atoms. The molecule has 0 aliphatic carbocycles. The van der Waals surface area contributed by atoms with E-state index in [-0.39, 0.29) is 0 Å². The predicted octanol–water partition coefficient (Wildman–Crippen LogP) is 1.52. The lowest BCUT2D eigenvalue weighted by molar-refractivity contribution is 0.457. The van der Waals surface area contributed by atoms with Gasteiger partial charge in [0.1, 0.15) is 5.76 Å². The maximum atomic E-state index is 5.31. The maximum absolute atomic E-state index is 5.31. The van der Waals surface area contributed by atoms with E-state index in [2.05, 4.69) is 24.1 Å². The van der Waals surface area contributed by atoms with Crippen LogP contribution >= 0.6 is 0 Å².